The monoisotopic (exact) mass is 402 g/mol. The highest BCUT2D eigenvalue weighted by atomic mass is 32.2. The van der Waals surface area contributed by atoms with E-state index in [2.05, 4.69) is 31.8 Å². The van der Waals surface area contributed by atoms with E-state index < -0.39 is 0 Å². The number of nitriles is 1. The number of carbonyl (C=O) groups excluding carboxylic acids is 1. The SMILES string of the molecule is Cc1nnc(SCC(=O)Nc2ccc(N=Nc3ccccc3)cc2)c(C#N)c1C. The third-order valence-corrected chi connectivity index (χ3v) is 5.03. The van der Waals surface area contributed by atoms with Crippen LogP contribution in [0.5, 0.6) is 0 Å². The van der Waals surface area contributed by atoms with Crippen LogP contribution in [0.3, 0.4) is 0 Å². The van der Waals surface area contributed by atoms with Gasteiger partial charge in [0.25, 0.3) is 0 Å². The van der Waals surface area contributed by atoms with E-state index in [1.165, 1.54) is 11.8 Å². The van der Waals surface area contributed by atoms with Crippen LogP contribution in [0.25, 0.3) is 0 Å². The molecule has 0 aliphatic heterocycles. The van der Waals surface area contributed by atoms with E-state index in [9.17, 15) is 10.1 Å². The molecule has 0 saturated heterocycles. The minimum Gasteiger partial charge on any atom is -0.325 e. The highest BCUT2D eigenvalue weighted by Crippen LogP contribution is 2.24. The van der Waals surface area contributed by atoms with Crippen molar-refractivity contribution in [1.29, 1.82) is 5.26 Å². The van der Waals surface area contributed by atoms with E-state index in [1.807, 2.05) is 37.3 Å². The molecule has 0 fully saturated rings. The number of benzene rings is 2. The lowest BCUT2D eigenvalue weighted by Crippen LogP contribution is -2.14. The van der Waals surface area contributed by atoms with Crippen LogP contribution >= 0.6 is 11.8 Å². The van der Waals surface area contributed by atoms with Crippen LogP contribution in [0.15, 0.2) is 69.9 Å². The first-order valence-corrected chi connectivity index (χ1v) is 9.79. The molecule has 7 nitrogen and oxygen atoms in total. The molecule has 0 saturated carbocycles. The van der Waals surface area contributed by atoms with Crippen molar-refractivity contribution in [2.45, 2.75) is 18.9 Å². The van der Waals surface area contributed by atoms with Crippen molar-refractivity contribution in [1.82, 2.24) is 10.2 Å². The van der Waals surface area contributed by atoms with E-state index in [-0.39, 0.29) is 11.7 Å². The predicted octanol–water partition coefficient (Wildman–Crippen LogP) is 5.11. The lowest BCUT2D eigenvalue weighted by atomic mass is 10.1. The molecule has 0 bridgehead atoms. The number of rotatable bonds is 6. The Morgan fingerprint density at radius 3 is 2.34 bits per heavy atom. The molecular weight excluding hydrogens is 384 g/mol. The summed E-state index contributed by atoms with van der Waals surface area (Å²) in [7, 11) is 0. The van der Waals surface area contributed by atoms with E-state index in [1.54, 1.807) is 31.2 Å². The van der Waals surface area contributed by atoms with Gasteiger partial charge in [-0.2, -0.15) is 20.6 Å². The van der Waals surface area contributed by atoms with Crippen LogP contribution < -0.4 is 5.32 Å². The average Bonchev–Trinajstić information content (AvgIpc) is 2.75. The maximum absolute atomic E-state index is 12.2. The Labute approximate surface area is 172 Å². The Morgan fingerprint density at radius 2 is 1.69 bits per heavy atom. The summed E-state index contributed by atoms with van der Waals surface area (Å²) in [5.74, 6) is -0.0704. The first-order chi connectivity index (χ1) is 14.1. The second kappa shape index (κ2) is 9.57. The average molecular weight is 402 g/mol. The molecule has 0 atom stereocenters. The number of aromatic nitrogens is 2. The third-order valence-electron chi connectivity index (χ3n) is 4.06. The fraction of sp³-hybridized carbons (Fsp3) is 0.143. The summed E-state index contributed by atoms with van der Waals surface area (Å²) in [4.78, 5) is 12.2. The first kappa shape index (κ1) is 20.2. The molecule has 0 aliphatic rings. The smallest absolute Gasteiger partial charge is 0.234 e. The van der Waals surface area contributed by atoms with Gasteiger partial charge in [-0.3, -0.25) is 4.79 Å². The number of thioether (sulfide) groups is 1. The quantitative estimate of drug-likeness (QED) is 0.456. The van der Waals surface area contributed by atoms with Crippen molar-refractivity contribution >= 4 is 34.7 Å². The summed E-state index contributed by atoms with van der Waals surface area (Å²) in [6.07, 6.45) is 0. The Bertz CT molecular complexity index is 1070. The fourth-order valence-corrected chi connectivity index (χ4v) is 3.15. The zero-order chi connectivity index (χ0) is 20.6. The van der Waals surface area contributed by atoms with Gasteiger partial charge in [0.05, 0.1) is 28.4 Å². The molecule has 1 aromatic heterocycles. The summed E-state index contributed by atoms with van der Waals surface area (Å²) in [6, 6.07) is 18.7. The van der Waals surface area contributed by atoms with Crippen molar-refractivity contribution in [3.63, 3.8) is 0 Å². The Balaban J connectivity index is 1.57. The summed E-state index contributed by atoms with van der Waals surface area (Å²) in [5.41, 5.74) is 4.06. The predicted molar refractivity (Wildman–Crippen MR) is 113 cm³/mol. The summed E-state index contributed by atoms with van der Waals surface area (Å²) in [6.45, 7) is 3.62. The van der Waals surface area contributed by atoms with Crippen molar-refractivity contribution in [2.75, 3.05) is 11.1 Å². The van der Waals surface area contributed by atoms with Crippen LogP contribution in [0, 0.1) is 25.2 Å². The van der Waals surface area contributed by atoms with E-state index >= 15 is 0 Å². The molecule has 0 unspecified atom stereocenters. The molecule has 29 heavy (non-hydrogen) atoms. The Kier molecular flexibility index (Phi) is 6.66. The second-order valence-corrected chi connectivity index (χ2v) is 7.09. The van der Waals surface area contributed by atoms with Gasteiger partial charge in [0.1, 0.15) is 11.1 Å². The number of nitrogens with zero attached hydrogens (tertiary/aromatic N) is 5. The summed E-state index contributed by atoms with van der Waals surface area (Å²) in [5, 5.41) is 29.0. The molecule has 0 spiro atoms. The lowest BCUT2D eigenvalue weighted by Gasteiger charge is -2.07. The van der Waals surface area contributed by atoms with Gasteiger partial charge < -0.3 is 5.32 Å². The molecule has 3 rings (SSSR count). The minimum atomic E-state index is -0.197. The van der Waals surface area contributed by atoms with Crippen molar-refractivity contribution in [3.05, 3.63) is 71.4 Å². The second-order valence-electron chi connectivity index (χ2n) is 6.12. The number of aryl methyl sites for hydroxylation is 1. The molecule has 0 aliphatic carbocycles. The standard InChI is InChI=1S/C21H18N6OS/c1-14-15(2)24-27-21(19(14)12-22)29-13-20(28)23-16-8-10-18(11-9-16)26-25-17-6-4-3-5-7-17/h3-11H,13H2,1-2H3,(H,23,28). The molecule has 2 aromatic carbocycles. The number of anilines is 1. The number of carbonyl (C=O) groups is 1. The van der Waals surface area contributed by atoms with Gasteiger partial charge in [0.2, 0.25) is 5.91 Å². The van der Waals surface area contributed by atoms with Crippen molar-refractivity contribution in [3.8, 4) is 6.07 Å². The number of azo groups is 1. The normalized spacial score (nSPS) is 10.7. The highest BCUT2D eigenvalue weighted by Gasteiger charge is 2.13. The molecule has 144 valence electrons. The molecular formula is C21H18N6OS. The maximum Gasteiger partial charge on any atom is 0.234 e. The maximum atomic E-state index is 12.2. The van der Waals surface area contributed by atoms with Gasteiger partial charge in [-0.15, -0.1) is 5.10 Å². The van der Waals surface area contributed by atoms with Gasteiger partial charge in [-0.05, 0) is 55.8 Å². The summed E-state index contributed by atoms with van der Waals surface area (Å²) >= 11 is 1.19. The van der Waals surface area contributed by atoms with Crippen LogP contribution in [-0.4, -0.2) is 21.9 Å². The van der Waals surface area contributed by atoms with Crippen LogP contribution in [0.4, 0.5) is 17.1 Å². The van der Waals surface area contributed by atoms with Gasteiger partial charge >= 0.3 is 0 Å². The topological polar surface area (TPSA) is 103 Å². The zero-order valence-corrected chi connectivity index (χ0v) is 16.8. The highest BCUT2D eigenvalue weighted by molar-refractivity contribution is 8.00. The Hall–Kier alpha value is -3.57. The number of nitrogens with one attached hydrogen (secondary N) is 1. The van der Waals surface area contributed by atoms with E-state index in [4.69, 9.17) is 0 Å². The molecule has 1 heterocycles. The number of hydrogen-bond acceptors (Lipinski definition) is 7. The van der Waals surface area contributed by atoms with E-state index in [0.29, 0.717) is 27.7 Å². The van der Waals surface area contributed by atoms with Crippen molar-refractivity contribution < 1.29 is 4.79 Å². The van der Waals surface area contributed by atoms with Crippen molar-refractivity contribution in [2.24, 2.45) is 10.2 Å². The number of amides is 1. The van der Waals surface area contributed by atoms with Crippen LogP contribution in [0.1, 0.15) is 16.8 Å². The molecule has 3 aromatic rings. The lowest BCUT2D eigenvalue weighted by molar-refractivity contribution is -0.113. The Morgan fingerprint density at radius 1 is 1.03 bits per heavy atom. The third kappa shape index (κ3) is 5.46. The van der Waals surface area contributed by atoms with Crippen LogP contribution in [-0.2, 0) is 4.79 Å². The largest absolute Gasteiger partial charge is 0.325 e. The first-order valence-electron chi connectivity index (χ1n) is 8.80. The fourth-order valence-electron chi connectivity index (χ4n) is 2.37. The van der Waals surface area contributed by atoms with Gasteiger partial charge in [0, 0.05) is 5.69 Å². The molecule has 8 heteroatoms. The number of hydrogen-bond donors (Lipinski definition) is 1. The van der Waals surface area contributed by atoms with Crippen LogP contribution in [0.2, 0.25) is 0 Å². The van der Waals surface area contributed by atoms with Gasteiger partial charge in [-0.1, -0.05) is 30.0 Å². The van der Waals surface area contributed by atoms with E-state index in [0.717, 1.165) is 11.3 Å². The molecule has 1 N–H and O–H groups in total. The van der Waals surface area contributed by atoms with Gasteiger partial charge in [-0.25, -0.2) is 0 Å². The minimum absolute atomic E-state index is 0.126. The summed E-state index contributed by atoms with van der Waals surface area (Å²) < 4.78 is 0. The zero-order valence-electron chi connectivity index (χ0n) is 16.0. The molecule has 1 amide bonds. The molecule has 0 radical (unpaired) electrons. The van der Waals surface area contributed by atoms with Gasteiger partial charge in [0.15, 0.2) is 0 Å².